The Morgan fingerprint density at radius 1 is 1.09 bits per heavy atom. The lowest BCUT2D eigenvalue weighted by Gasteiger charge is -2.21. The molecule has 1 unspecified atom stereocenters. The third kappa shape index (κ3) is 5.37. The Labute approximate surface area is 198 Å². The zero-order chi connectivity index (χ0) is 23.2. The van der Waals surface area contributed by atoms with Crippen molar-refractivity contribution in [1.82, 2.24) is 20.0 Å². The molecule has 1 aliphatic rings. The number of carbonyl (C=O) groups excluding carboxylic acids is 2. The summed E-state index contributed by atoms with van der Waals surface area (Å²) in [5, 5.41) is 7.98. The summed E-state index contributed by atoms with van der Waals surface area (Å²) in [6.45, 7) is 3.56. The second-order valence-corrected chi connectivity index (χ2v) is 8.35. The van der Waals surface area contributed by atoms with Gasteiger partial charge in [-0.1, -0.05) is 48.9 Å². The third-order valence-corrected chi connectivity index (χ3v) is 6.06. The second-order valence-electron chi connectivity index (χ2n) is 7.95. The van der Waals surface area contributed by atoms with E-state index in [-0.39, 0.29) is 30.2 Å². The number of rotatable bonds is 8. The van der Waals surface area contributed by atoms with E-state index < -0.39 is 0 Å². The number of benzene rings is 2. The summed E-state index contributed by atoms with van der Waals surface area (Å²) in [4.78, 5) is 27.2. The van der Waals surface area contributed by atoms with Gasteiger partial charge in [-0.25, -0.2) is 4.68 Å². The molecule has 0 radical (unpaired) electrons. The van der Waals surface area contributed by atoms with Gasteiger partial charge < -0.3 is 15.0 Å². The standard InChI is InChI=1S/C25H27ClN4O3/c1-2-20(18-9-3-6-12-23(18)33-17-24(31)29-14-7-8-15-29)27-25(32)21-13-16-30(28-21)22-11-5-4-10-19(22)26/h3-6,9-13,16,20H,2,7-8,14-15,17H2,1H3,(H,27,32). The van der Waals surface area contributed by atoms with Gasteiger partial charge in [0.25, 0.3) is 11.8 Å². The Kier molecular flexibility index (Phi) is 7.29. The molecule has 1 N–H and O–H groups in total. The Bertz CT molecular complexity index is 1120. The van der Waals surface area contributed by atoms with E-state index in [1.54, 1.807) is 23.0 Å². The highest BCUT2D eigenvalue weighted by molar-refractivity contribution is 6.32. The highest BCUT2D eigenvalue weighted by Gasteiger charge is 2.22. The van der Waals surface area contributed by atoms with Crippen molar-refractivity contribution in [1.29, 1.82) is 0 Å². The monoisotopic (exact) mass is 466 g/mol. The fourth-order valence-corrected chi connectivity index (χ4v) is 4.17. The van der Waals surface area contributed by atoms with Gasteiger partial charge in [0.1, 0.15) is 5.75 Å². The molecule has 1 atom stereocenters. The number of aromatic nitrogens is 2. The number of halogens is 1. The number of carbonyl (C=O) groups is 2. The predicted octanol–water partition coefficient (Wildman–Crippen LogP) is 4.41. The zero-order valence-corrected chi connectivity index (χ0v) is 19.3. The molecule has 1 fully saturated rings. The van der Waals surface area contributed by atoms with Crippen LogP contribution in [0.3, 0.4) is 0 Å². The summed E-state index contributed by atoms with van der Waals surface area (Å²) in [5.41, 5.74) is 1.82. The van der Waals surface area contributed by atoms with Gasteiger partial charge in [-0.05, 0) is 43.5 Å². The van der Waals surface area contributed by atoms with Crippen molar-refractivity contribution in [2.24, 2.45) is 0 Å². The minimum absolute atomic E-state index is 0.00972. The number of hydrogen-bond acceptors (Lipinski definition) is 4. The van der Waals surface area contributed by atoms with Gasteiger partial charge in [-0.3, -0.25) is 9.59 Å². The lowest BCUT2D eigenvalue weighted by atomic mass is 10.0. The predicted molar refractivity (Wildman–Crippen MR) is 127 cm³/mol. The molecule has 1 saturated heterocycles. The van der Waals surface area contributed by atoms with Crippen LogP contribution >= 0.6 is 11.6 Å². The van der Waals surface area contributed by atoms with Gasteiger partial charge in [-0.2, -0.15) is 5.10 Å². The molecule has 2 aromatic carbocycles. The van der Waals surface area contributed by atoms with E-state index in [0.29, 0.717) is 22.9 Å². The average molecular weight is 467 g/mol. The van der Waals surface area contributed by atoms with Crippen molar-refractivity contribution >= 4 is 23.4 Å². The first-order valence-corrected chi connectivity index (χ1v) is 11.6. The fraction of sp³-hybridized carbons (Fsp3) is 0.320. The van der Waals surface area contributed by atoms with E-state index in [1.165, 1.54) is 0 Å². The molecule has 172 valence electrons. The number of para-hydroxylation sites is 2. The van der Waals surface area contributed by atoms with Crippen molar-refractivity contribution in [3.63, 3.8) is 0 Å². The van der Waals surface area contributed by atoms with Gasteiger partial charge in [0.2, 0.25) is 0 Å². The molecule has 7 nitrogen and oxygen atoms in total. The maximum Gasteiger partial charge on any atom is 0.272 e. The molecular formula is C25H27ClN4O3. The molecule has 0 aliphatic carbocycles. The molecule has 0 saturated carbocycles. The number of amides is 2. The quantitative estimate of drug-likeness (QED) is 0.533. The summed E-state index contributed by atoms with van der Waals surface area (Å²) in [5.74, 6) is 0.291. The van der Waals surface area contributed by atoms with Crippen LogP contribution in [0.4, 0.5) is 0 Å². The molecule has 2 heterocycles. The maximum atomic E-state index is 12.9. The smallest absolute Gasteiger partial charge is 0.272 e. The van der Waals surface area contributed by atoms with Gasteiger partial charge in [0.15, 0.2) is 12.3 Å². The summed E-state index contributed by atoms with van der Waals surface area (Å²) in [6, 6.07) is 16.2. The first-order chi connectivity index (χ1) is 16.1. The number of nitrogens with one attached hydrogen (secondary N) is 1. The molecule has 8 heteroatoms. The summed E-state index contributed by atoms with van der Waals surface area (Å²) in [7, 11) is 0. The number of ether oxygens (including phenoxy) is 1. The van der Waals surface area contributed by atoms with E-state index in [1.807, 2.05) is 54.3 Å². The topological polar surface area (TPSA) is 76.5 Å². The van der Waals surface area contributed by atoms with Crippen LogP contribution in [0, 0.1) is 0 Å². The SMILES string of the molecule is CCC(NC(=O)c1ccn(-c2ccccc2Cl)n1)c1ccccc1OCC(=O)N1CCCC1. The lowest BCUT2D eigenvalue weighted by molar-refractivity contribution is -0.132. The van der Waals surface area contributed by atoms with Gasteiger partial charge in [0, 0.05) is 24.8 Å². The summed E-state index contributed by atoms with van der Waals surface area (Å²) >= 11 is 6.24. The molecule has 0 bridgehead atoms. The van der Waals surface area contributed by atoms with Crippen LogP contribution in [0.25, 0.3) is 5.69 Å². The van der Waals surface area contributed by atoms with Crippen molar-refractivity contribution in [3.05, 3.63) is 77.1 Å². The molecule has 33 heavy (non-hydrogen) atoms. The van der Waals surface area contributed by atoms with Crippen LogP contribution in [0.15, 0.2) is 60.8 Å². The third-order valence-electron chi connectivity index (χ3n) is 5.74. The van der Waals surface area contributed by atoms with Crippen molar-refractivity contribution in [2.45, 2.75) is 32.2 Å². The summed E-state index contributed by atoms with van der Waals surface area (Å²) < 4.78 is 7.46. The molecular weight excluding hydrogens is 440 g/mol. The Balaban J connectivity index is 1.45. The van der Waals surface area contributed by atoms with Gasteiger partial charge >= 0.3 is 0 Å². The lowest BCUT2D eigenvalue weighted by Crippen LogP contribution is -2.33. The zero-order valence-electron chi connectivity index (χ0n) is 18.5. The fourth-order valence-electron chi connectivity index (χ4n) is 3.95. The van der Waals surface area contributed by atoms with Crippen LogP contribution in [0.2, 0.25) is 5.02 Å². The van der Waals surface area contributed by atoms with Crippen LogP contribution in [-0.4, -0.2) is 46.2 Å². The maximum absolute atomic E-state index is 12.9. The molecule has 3 aromatic rings. The Hall–Kier alpha value is -3.32. The Morgan fingerprint density at radius 3 is 2.58 bits per heavy atom. The summed E-state index contributed by atoms with van der Waals surface area (Å²) in [6.07, 6.45) is 4.44. The first-order valence-electron chi connectivity index (χ1n) is 11.2. The minimum atomic E-state index is -0.296. The van der Waals surface area contributed by atoms with E-state index in [2.05, 4.69) is 10.4 Å². The molecule has 4 rings (SSSR count). The normalized spacial score (nSPS) is 14.2. The van der Waals surface area contributed by atoms with Crippen molar-refractivity contribution < 1.29 is 14.3 Å². The molecule has 0 spiro atoms. The largest absolute Gasteiger partial charge is 0.483 e. The van der Waals surface area contributed by atoms with E-state index in [9.17, 15) is 9.59 Å². The van der Waals surface area contributed by atoms with Crippen LogP contribution in [0.5, 0.6) is 5.75 Å². The van der Waals surface area contributed by atoms with Crippen LogP contribution in [-0.2, 0) is 4.79 Å². The first kappa shape index (κ1) is 22.9. The van der Waals surface area contributed by atoms with E-state index in [0.717, 1.165) is 31.5 Å². The van der Waals surface area contributed by atoms with Crippen molar-refractivity contribution in [3.8, 4) is 11.4 Å². The minimum Gasteiger partial charge on any atom is -0.483 e. The van der Waals surface area contributed by atoms with Crippen LogP contribution in [0.1, 0.15) is 48.3 Å². The second kappa shape index (κ2) is 10.5. The Morgan fingerprint density at radius 2 is 1.82 bits per heavy atom. The number of nitrogens with zero attached hydrogens (tertiary/aromatic N) is 3. The van der Waals surface area contributed by atoms with E-state index in [4.69, 9.17) is 16.3 Å². The van der Waals surface area contributed by atoms with Crippen molar-refractivity contribution in [2.75, 3.05) is 19.7 Å². The van der Waals surface area contributed by atoms with Gasteiger partial charge in [-0.15, -0.1) is 0 Å². The van der Waals surface area contributed by atoms with Crippen LogP contribution < -0.4 is 10.1 Å². The van der Waals surface area contributed by atoms with Gasteiger partial charge in [0.05, 0.1) is 16.8 Å². The molecule has 2 amide bonds. The molecule has 1 aliphatic heterocycles. The van der Waals surface area contributed by atoms with E-state index >= 15 is 0 Å². The highest BCUT2D eigenvalue weighted by Crippen LogP contribution is 2.28. The number of likely N-dealkylation sites (tertiary alicyclic amines) is 1. The highest BCUT2D eigenvalue weighted by atomic mass is 35.5. The average Bonchev–Trinajstić information content (AvgIpc) is 3.54. The number of hydrogen-bond donors (Lipinski definition) is 1. The molecule has 1 aromatic heterocycles.